The highest BCUT2D eigenvalue weighted by atomic mass is 32.2. The van der Waals surface area contributed by atoms with Crippen LogP contribution in [0.3, 0.4) is 0 Å². The van der Waals surface area contributed by atoms with E-state index in [-0.39, 0.29) is 5.78 Å². The third-order valence-corrected chi connectivity index (χ3v) is 3.57. The predicted octanol–water partition coefficient (Wildman–Crippen LogP) is 3.62. The average molecular weight is 328 g/mol. The number of hydrogen-bond donors (Lipinski definition) is 1. The maximum atomic E-state index is 12.6. The number of ketones is 1. The molecule has 6 heteroatoms. The van der Waals surface area contributed by atoms with Crippen molar-refractivity contribution in [3.05, 3.63) is 65.7 Å². The summed E-state index contributed by atoms with van der Waals surface area (Å²) in [5.74, 6) is -0.122. The van der Waals surface area contributed by atoms with Gasteiger partial charge in [0.25, 0.3) is 0 Å². The maximum absolute atomic E-state index is 12.6. The SMILES string of the molecule is COC(=O)NC(=Nc1ccccc1C(=O)c1ccccc1)SC. The van der Waals surface area contributed by atoms with Gasteiger partial charge in [-0.3, -0.25) is 10.1 Å². The Labute approximate surface area is 138 Å². The summed E-state index contributed by atoms with van der Waals surface area (Å²) in [6.07, 6.45) is 1.17. The number of ether oxygens (including phenoxy) is 1. The van der Waals surface area contributed by atoms with Crippen LogP contribution in [0.2, 0.25) is 0 Å². The molecular formula is C17H16N2O3S. The first-order chi connectivity index (χ1) is 11.2. The first-order valence-corrected chi connectivity index (χ1v) is 8.04. The number of hydrogen-bond acceptors (Lipinski definition) is 5. The van der Waals surface area contributed by atoms with Gasteiger partial charge in [-0.2, -0.15) is 0 Å². The van der Waals surface area contributed by atoms with Crippen molar-refractivity contribution in [2.24, 2.45) is 4.99 Å². The second-order valence-corrected chi connectivity index (χ2v) is 5.24. The van der Waals surface area contributed by atoms with E-state index in [1.54, 1.807) is 42.7 Å². The molecule has 0 saturated carbocycles. The first kappa shape index (κ1) is 16.8. The summed E-state index contributed by atoms with van der Waals surface area (Å²) in [6.45, 7) is 0. The summed E-state index contributed by atoms with van der Waals surface area (Å²) in [5.41, 5.74) is 1.54. The molecule has 0 spiro atoms. The number of thioether (sulfide) groups is 1. The Hall–Kier alpha value is -2.60. The van der Waals surface area contributed by atoms with E-state index in [1.807, 2.05) is 18.2 Å². The van der Waals surface area contributed by atoms with E-state index < -0.39 is 6.09 Å². The zero-order valence-corrected chi connectivity index (χ0v) is 13.6. The Balaban J connectivity index is 2.37. The molecule has 1 amide bonds. The van der Waals surface area contributed by atoms with Crippen molar-refractivity contribution < 1.29 is 14.3 Å². The largest absolute Gasteiger partial charge is 0.453 e. The van der Waals surface area contributed by atoms with Crippen molar-refractivity contribution in [1.29, 1.82) is 0 Å². The molecule has 0 aliphatic carbocycles. The number of para-hydroxylation sites is 1. The summed E-state index contributed by atoms with van der Waals surface area (Å²) in [7, 11) is 1.28. The highest BCUT2D eigenvalue weighted by Gasteiger charge is 2.14. The number of amidine groups is 1. The molecule has 0 aromatic heterocycles. The van der Waals surface area contributed by atoms with Crippen LogP contribution in [0.4, 0.5) is 10.5 Å². The van der Waals surface area contributed by atoms with E-state index in [0.717, 1.165) is 0 Å². The number of alkyl carbamates (subject to hydrolysis) is 1. The number of nitrogens with one attached hydrogen (secondary N) is 1. The molecular weight excluding hydrogens is 312 g/mol. The minimum absolute atomic E-state index is 0.122. The fourth-order valence-electron chi connectivity index (χ4n) is 1.88. The smallest absolute Gasteiger partial charge is 0.412 e. The van der Waals surface area contributed by atoms with Gasteiger partial charge in [0.15, 0.2) is 11.0 Å². The number of nitrogens with zero attached hydrogens (tertiary/aromatic N) is 1. The van der Waals surface area contributed by atoms with Crippen molar-refractivity contribution in [2.75, 3.05) is 13.4 Å². The lowest BCUT2D eigenvalue weighted by Gasteiger charge is -2.08. The van der Waals surface area contributed by atoms with E-state index in [2.05, 4.69) is 15.0 Å². The van der Waals surface area contributed by atoms with Gasteiger partial charge in [-0.25, -0.2) is 9.79 Å². The lowest BCUT2D eigenvalue weighted by molar-refractivity contribution is 0.103. The molecule has 118 valence electrons. The van der Waals surface area contributed by atoms with Crippen molar-refractivity contribution in [1.82, 2.24) is 5.32 Å². The molecule has 0 aliphatic rings. The van der Waals surface area contributed by atoms with Crippen molar-refractivity contribution >= 4 is 34.5 Å². The Morgan fingerprint density at radius 3 is 2.35 bits per heavy atom. The van der Waals surface area contributed by atoms with Gasteiger partial charge in [0.05, 0.1) is 12.8 Å². The van der Waals surface area contributed by atoms with Gasteiger partial charge in [-0.1, -0.05) is 54.2 Å². The summed E-state index contributed by atoms with van der Waals surface area (Å²) < 4.78 is 4.56. The monoisotopic (exact) mass is 328 g/mol. The lowest BCUT2D eigenvalue weighted by Crippen LogP contribution is -2.27. The first-order valence-electron chi connectivity index (χ1n) is 6.82. The molecule has 0 heterocycles. The number of rotatable bonds is 3. The van der Waals surface area contributed by atoms with Gasteiger partial charge >= 0.3 is 6.09 Å². The molecule has 0 bridgehead atoms. The van der Waals surface area contributed by atoms with Crippen LogP contribution in [0.15, 0.2) is 59.6 Å². The second-order valence-electron chi connectivity index (χ2n) is 4.45. The lowest BCUT2D eigenvalue weighted by atomic mass is 10.0. The molecule has 23 heavy (non-hydrogen) atoms. The van der Waals surface area contributed by atoms with Gasteiger partial charge < -0.3 is 4.74 Å². The molecule has 1 N–H and O–H groups in total. The Morgan fingerprint density at radius 1 is 1.04 bits per heavy atom. The van der Waals surface area contributed by atoms with E-state index in [4.69, 9.17) is 0 Å². The molecule has 0 radical (unpaired) electrons. The summed E-state index contributed by atoms with van der Waals surface area (Å²) in [6, 6.07) is 16.0. The Bertz CT molecular complexity index is 730. The van der Waals surface area contributed by atoms with Gasteiger partial charge in [0.1, 0.15) is 0 Å². The minimum Gasteiger partial charge on any atom is -0.453 e. The third kappa shape index (κ3) is 4.43. The predicted molar refractivity (Wildman–Crippen MR) is 92.5 cm³/mol. The standard InChI is InChI=1S/C17H16N2O3S/c1-22-17(21)19-16(23-2)18-14-11-7-6-10-13(14)15(20)12-8-4-3-5-9-12/h3-11H,1-2H3,(H,18,19,21). The van der Waals surface area contributed by atoms with Crippen LogP contribution < -0.4 is 5.32 Å². The van der Waals surface area contributed by atoms with Crippen LogP contribution in [-0.2, 0) is 4.74 Å². The molecule has 2 aromatic rings. The fourth-order valence-corrected chi connectivity index (χ4v) is 2.26. The highest BCUT2D eigenvalue weighted by molar-refractivity contribution is 8.13. The van der Waals surface area contributed by atoms with E-state index in [9.17, 15) is 9.59 Å². The Morgan fingerprint density at radius 2 is 1.70 bits per heavy atom. The van der Waals surface area contributed by atoms with Gasteiger partial charge in [-0.15, -0.1) is 0 Å². The molecule has 0 aliphatic heterocycles. The summed E-state index contributed by atoms with van der Waals surface area (Å²) >= 11 is 1.25. The molecule has 0 fully saturated rings. The zero-order chi connectivity index (χ0) is 16.7. The van der Waals surface area contributed by atoms with Gasteiger partial charge in [0, 0.05) is 11.1 Å². The van der Waals surface area contributed by atoms with Crippen LogP contribution in [-0.4, -0.2) is 30.4 Å². The normalized spacial score (nSPS) is 11.0. The van der Waals surface area contributed by atoms with Crippen LogP contribution in [0.5, 0.6) is 0 Å². The number of carbonyl (C=O) groups is 2. The third-order valence-electron chi connectivity index (χ3n) is 2.99. The molecule has 5 nitrogen and oxygen atoms in total. The second kappa shape index (κ2) is 8.14. The van der Waals surface area contributed by atoms with Crippen LogP contribution >= 0.6 is 11.8 Å². The van der Waals surface area contributed by atoms with Crippen molar-refractivity contribution in [3.8, 4) is 0 Å². The molecule has 2 rings (SSSR count). The topological polar surface area (TPSA) is 67.8 Å². The number of benzene rings is 2. The van der Waals surface area contributed by atoms with Gasteiger partial charge in [-0.05, 0) is 18.4 Å². The quantitative estimate of drug-likeness (QED) is 0.531. The number of amides is 1. The van der Waals surface area contributed by atoms with Crippen LogP contribution in [0, 0.1) is 0 Å². The number of aliphatic imine (C=N–C) groups is 1. The van der Waals surface area contributed by atoms with Crippen LogP contribution in [0.25, 0.3) is 0 Å². The van der Waals surface area contributed by atoms with E-state index in [0.29, 0.717) is 22.0 Å². The fraction of sp³-hybridized carbons (Fsp3) is 0.118. The Kier molecular flexibility index (Phi) is 5.94. The molecule has 0 unspecified atom stereocenters. The number of methoxy groups -OCH3 is 1. The van der Waals surface area contributed by atoms with Gasteiger partial charge in [0.2, 0.25) is 0 Å². The molecule has 0 atom stereocenters. The van der Waals surface area contributed by atoms with E-state index >= 15 is 0 Å². The minimum atomic E-state index is -0.607. The molecule has 2 aromatic carbocycles. The average Bonchev–Trinajstić information content (AvgIpc) is 2.61. The van der Waals surface area contributed by atoms with Crippen molar-refractivity contribution in [3.63, 3.8) is 0 Å². The van der Waals surface area contributed by atoms with Crippen molar-refractivity contribution in [2.45, 2.75) is 0 Å². The molecule has 0 saturated heterocycles. The number of carbonyl (C=O) groups excluding carboxylic acids is 2. The van der Waals surface area contributed by atoms with Crippen LogP contribution in [0.1, 0.15) is 15.9 Å². The van der Waals surface area contributed by atoms with E-state index in [1.165, 1.54) is 18.9 Å². The maximum Gasteiger partial charge on any atom is 0.412 e. The summed E-state index contributed by atoms with van der Waals surface area (Å²) in [5, 5.41) is 2.86. The zero-order valence-electron chi connectivity index (χ0n) is 12.8. The summed E-state index contributed by atoms with van der Waals surface area (Å²) in [4.78, 5) is 28.3. The highest BCUT2D eigenvalue weighted by Crippen LogP contribution is 2.23.